The Morgan fingerprint density at radius 1 is 1.22 bits per heavy atom. The van der Waals surface area contributed by atoms with Gasteiger partial charge in [0.15, 0.2) is 0 Å². The quantitative estimate of drug-likeness (QED) is 0.658. The van der Waals surface area contributed by atoms with Crippen LogP contribution in [0.25, 0.3) is 11.4 Å². The van der Waals surface area contributed by atoms with E-state index in [2.05, 4.69) is 20.7 Å². The third-order valence-electron chi connectivity index (χ3n) is 3.68. The molecule has 0 saturated carbocycles. The molecule has 0 spiro atoms. The van der Waals surface area contributed by atoms with Crippen molar-refractivity contribution in [3.05, 3.63) is 29.8 Å². The van der Waals surface area contributed by atoms with E-state index in [0.717, 1.165) is 0 Å². The van der Waals surface area contributed by atoms with Crippen molar-refractivity contribution in [3.8, 4) is 11.4 Å². The van der Waals surface area contributed by atoms with E-state index in [1.807, 2.05) is 13.8 Å². The van der Waals surface area contributed by atoms with Crippen LogP contribution in [0.1, 0.15) is 31.1 Å². The van der Waals surface area contributed by atoms with E-state index in [1.54, 1.807) is 31.2 Å². The van der Waals surface area contributed by atoms with E-state index in [-0.39, 0.29) is 30.9 Å². The number of carbonyl (C=O) groups excluding carboxylic acids is 3. The molecule has 0 fully saturated rings. The number of rotatable bonds is 8. The van der Waals surface area contributed by atoms with Gasteiger partial charge in [0.05, 0.1) is 6.54 Å². The summed E-state index contributed by atoms with van der Waals surface area (Å²) < 4.78 is 0. The SMILES string of the molecule is CCN(CC(=O)NC(C)C)C(=O)Cn1nnc(-c2ccc(C(N)=O)cc2)n1. The lowest BCUT2D eigenvalue weighted by Gasteiger charge is -2.20. The van der Waals surface area contributed by atoms with E-state index >= 15 is 0 Å². The van der Waals surface area contributed by atoms with Crippen LogP contribution in [0, 0.1) is 0 Å². The maximum Gasteiger partial charge on any atom is 0.248 e. The molecule has 0 aliphatic rings. The maximum absolute atomic E-state index is 12.4. The van der Waals surface area contributed by atoms with Crippen molar-refractivity contribution in [1.82, 2.24) is 30.4 Å². The van der Waals surface area contributed by atoms with Crippen molar-refractivity contribution >= 4 is 17.7 Å². The summed E-state index contributed by atoms with van der Waals surface area (Å²) in [5.41, 5.74) is 6.22. The topological polar surface area (TPSA) is 136 Å². The molecular formula is C17H23N7O3. The highest BCUT2D eigenvalue weighted by molar-refractivity contribution is 5.93. The number of carbonyl (C=O) groups is 3. The molecule has 10 nitrogen and oxygen atoms in total. The van der Waals surface area contributed by atoms with Crippen LogP contribution in [0.5, 0.6) is 0 Å². The lowest BCUT2D eigenvalue weighted by Crippen LogP contribution is -2.43. The van der Waals surface area contributed by atoms with Gasteiger partial charge in [0, 0.05) is 23.7 Å². The van der Waals surface area contributed by atoms with Gasteiger partial charge in [0.2, 0.25) is 23.5 Å². The van der Waals surface area contributed by atoms with Crippen molar-refractivity contribution in [3.63, 3.8) is 0 Å². The number of benzene rings is 1. The van der Waals surface area contributed by atoms with Gasteiger partial charge in [-0.2, -0.15) is 4.80 Å². The van der Waals surface area contributed by atoms with Gasteiger partial charge in [-0.05, 0) is 38.1 Å². The average Bonchev–Trinajstić information content (AvgIpc) is 3.07. The zero-order valence-electron chi connectivity index (χ0n) is 15.5. The number of nitrogens with two attached hydrogens (primary N) is 1. The van der Waals surface area contributed by atoms with Crippen LogP contribution < -0.4 is 11.1 Å². The van der Waals surface area contributed by atoms with Crippen molar-refractivity contribution in [1.29, 1.82) is 0 Å². The summed E-state index contributed by atoms with van der Waals surface area (Å²) in [4.78, 5) is 37.9. The van der Waals surface area contributed by atoms with Crippen molar-refractivity contribution in [2.24, 2.45) is 5.73 Å². The van der Waals surface area contributed by atoms with Crippen molar-refractivity contribution < 1.29 is 14.4 Å². The first-order chi connectivity index (χ1) is 12.8. The number of nitrogens with zero attached hydrogens (tertiary/aromatic N) is 5. The second kappa shape index (κ2) is 8.88. The second-order valence-electron chi connectivity index (χ2n) is 6.22. The minimum Gasteiger partial charge on any atom is -0.366 e. The van der Waals surface area contributed by atoms with Crippen LogP contribution >= 0.6 is 0 Å². The Morgan fingerprint density at radius 2 is 1.89 bits per heavy atom. The molecule has 1 heterocycles. The molecule has 1 aromatic heterocycles. The van der Waals surface area contributed by atoms with Gasteiger partial charge in [-0.3, -0.25) is 14.4 Å². The molecule has 0 bridgehead atoms. The van der Waals surface area contributed by atoms with Crippen LogP contribution in [-0.2, 0) is 16.1 Å². The number of primary amides is 1. The predicted molar refractivity (Wildman–Crippen MR) is 97.3 cm³/mol. The van der Waals surface area contributed by atoms with Crippen LogP contribution in [0.2, 0.25) is 0 Å². The largest absolute Gasteiger partial charge is 0.366 e. The molecule has 0 aliphatic carbocycles. The van der Waals surface area contributed by atoms with Crippen molar-refractivity contribution in [2.45, 2.75) is 33.4 Å². The summed E-state index contributed by atoms with van der Waals surface area (Å²) in [7, 11) is 0. The molecule has 0 radical (unpaired) electrons. The minimum absolute atomic E-state index is 0.00630. The lowest BCUT2D eigenvalue weighted by molar-refractivity contribution is -0.136. The highest BCUT2D eigenvalue weighted by Crippen LogP contribution is 2.14. The number of likely N-dealkylation sites (N-methyl/N-ethyl adjacent to an activating group) is 1. The first-order valence-electron chi connectivity index (χ1n) is 8.55. The molecule has 2 rings (SSSR count). The van der Waals surface area contributed by atoms with Gasteiger partial charge in [0.25, 0.3) is 0 Å². The number of tetrazole rings is 1. The van der Waals surface area contributed by atoms with Gasteiger partial charge in [-0.15, -0.1) is 10.2 Å². The Bertz CT molecular complexity index is 814. The fourth-order valence-corrected chi connectivity index (χ4v) is 2.35. The van der Waals surface area contributed by atoms with Gasteiger partial charge < -0.3 is 16.0 Å². The van der Waals surface area contributed by atoms with E-state index in [9.17, 15) is 14.4 Å². The van der Waals surface area contributed by atoms with E-state index in [0.29, 0.717) is 23.5 Å². The van der Waals surface area contributed by atoms with E-state index in [4.69, 9.17) is 5.73 Å². The molecule has 1 aromatic carbocycles. The minimum atomic E-state index is -0.523. The molecule has 0 saturated heterocycles. The van der Waals surface area contributed by atoms with Crippen molar-refractivity contribution in [2.75, 3.05) is 13.1 Å². The Hall–Kier alpha value is -3.30. The van der Waals surface area contributed by atoms with Gasteiger partial charge in [-0.25, -0.2) is 0 Å². The highest BCUT2D eigenvalue weighted by atomic mass is 16.2. The molecule has 3 amide bonds. The summed E-state index contributed by atoms with van der Waals surface area (Å²) in [6.45, 7) is 5.74. The summed E-state index contributed by atoms with van der Waals surface area (Å²) in [6.07, 6.45) is 0. The molecule has 0 aliphatic heterocycles. The molecule has 3 N–H and O–H groups in total. The maximum atomic E-state index is 12.4. The molecule has 0 unspecified atom stereocenters. The molecule has 27 heavy (non-hydrogen) atoms. The standard InChI is InChI=1S/C17H23N7O3/c1-4-23(9-14(25)19-11(2)3)15(26)10-24-21-17(20-22-24)13-7-5-12(6-8-13)16(18)27/h5-8,11H,4,9-10H2,1-3H3,(H2,18,27)(H,19,25). The summed E-state index contributed by atoms with van der Waals surface area (Å²) in [5.74, 6) is -0.712. The third-order valence-corrected chi connectivity index (χ3v) is 3.68. The molecule has 144 valence electrons. The van der Waals surface area contributed by atoms with Crippen LogP contribution in [0.15, 0.2) is 24.3 Å². The van der Waals surface area contributed by atoms with Gasteiger partial charge in [0.1, 0.15) is 6.54 Å². The first-order valence-corrected chi connectivity index (χ1v) is 8.55. The number of amides is 3. The second-order valence-corrected chi connectivity index (χ2v) is 6.22. The van der Waals surface area contributed by atoms with Gasteiger partial charge >= 0.3 is 0 Å². The third kappa shape index (κ3) is 5.59. The molecule has 10 heteroatoms. The summed E-state index contributed by atoms with van der Waals surface area (Å²) in [6, 6.07) is 6.44. The van der Waals surface area contributed by atoms with E-state index < -0.39 is 5.91 Å². The van der Waals surface area contributed by atoms with Crippen LogP contribution in [-0.4, -0.2) is 62.0 Å². The predicted octanol–water partition coefficient (Wildman–Crippen LogP) is -0.188. The summed E-state index contributed by atoms with van der Waals surface area (Å²) in [5, 5.41) is 14.7. The Kier molecular flexibility index (Phi) is 6.58. The Labute approximate surface area is 156 Å². The normalized spacial score (nSPS) is 10.7. The number of aromatic nitrogens is 4. The zero-order valence-corrected chi connectivity index (χ0v) is 15.5. The zero-order chi connectivity index (χ0) is 20.0. The molecular weight excluding hydrogens is 350 g/mol. The van der Waals surface area contributed by atoms with Crippen LogP contribution in [0.4, 0.5) is 0 Å². The highest BCUT2D eigenvalue weighted by Gasteiger charge is 2.18. The van der Waals surface area contributed by atoms with E-state index in [1.165, 1.54) is 9.70 Å². The number of hydrogen-bond donors (Lipinski definition) is 2. The summed E-state index contributed by atoms with van der Waals surface area (Å²) >= 11 is 0. The average molecular weight is 373 g/mol. The monoisotopic (exact) mass is 373 g/mol. The molecule has 0 atom stereocenters. The fraction of sp³-hybridized carbons (Fsp3) is 0.412. The molecule has 2 aromatic rings. The number of hydrogen-bond acceptors (Lipinski definition) is 6. The fourth-order valence-electron chi connectivity index (χ4n) is 2.35. The lowest BCUT2D eigenvalue weighted by atomic mass is 10.1. The Morgan fingerprint density at radius 3 is 2.44 bits per heavy atom. The van der Waals surface area contributed by atoms with Gasteiger partial charge in [-0.1, -0.05) is 12.1 Å². The smallest absolute Gasteiger partial charge is 0.248 e. The first kappa shape index (κ1) is 20.0. The Balaban J connectivity index is 2.02. The van der Waals surface area contributed by atoms with Crippen LogP contribution in [0.3, 0.4) is 0 Å². The number of nitrogens with one attached hydrogen (secondary N) is 1.